The van der Waals surface area contributed by atoms with Crippen LogP contribution in [0.25, 0.3) is 0 Å². The van der Waals surface area contributed by atoms with Gasteiger partial charge in [-0.1, -0.05) is 12.1 Å². The van der Waals surface area contributed by atoms with Crippen molar-refractivity contribution in [2.24, 2.45) is 0 Å². The minimum atomic E-state index is -3.71. The molecule has 0 heterocycles. The van der Waals surface area contributed by atoms with E-state index in [-0.39, 0.29) is 25.3 Å². The summed E-state index contributed by atoms with van der Waals surface area (Å²) in [4.78, 5) is 22.0. The van der Waals surface area contributed by atoms with Gasteiger partial charge in [-0.15, -0.1) is 0 Å². The number of ether oxygens (including phenoxy) is 1. The maximum atomic E-state index is 14.2. The Labute approximate surface area is 127 Å². The summed E-state index contributed by atoms with van der Waals surface area (Å²) < 4.78 is 33.5. The molecular formula is C15H19F2NO4. The van der Waals surface area contributed by atoms with E-state index in [9.17, 15) is 18.4 Å². The molecule has 0 spiro atoms. The minimum absolute atomic E-state index is 0.00148. The van der Waals surface area contributed by atoms with E-state index in [1.54, 1.807) is 13.0 Å². The number of hydrogen-bond donors (Lipinski definition) is 2. The van der Waals surface area contributed by atoms with Gasteiger partial charge in [0.15, 0.2) is 0 Å². The topological polar surface area (TPSA) is 75.6 Å². The molecule has 0 saturated heterocycles. The van der Waals surface area contributed by atoms with Crippen LogP contribution in [0.3, 0.4) is 0 Å². The Morgan fingerprint density at radius 3 is 2.59 bits per heavy atom. The van der Waals surface area contributed by atoms with E-state index in [0.717, 1.165) is 6.07 Å². The zero-order valence-electron chi connectivity index (χ0n) is 12.3. The first-order valence-corrected chi connectivity index (χ1v) is 6.99. The number of para-hydroxylation sites is 1. The Morgan fingerprint density at radius 2 is 1.95 bits per heavy atom. The molecule has 1 aromatic rings. The number of rotatable bonds is 9. The number of carbonyl (C=O) groups is 2. The average Bonchev–Trinajstić information content (AvgIpc) is 2.47. The molecule has 0 aliphatic carbocycles. The Kier molecular flexibility index (Phi) is 6.75. The molecule has 0 unspecified atom stereocenters. The lowest BCUT2D eigenvalue weighted by atomic mass is 10.1. The minimum Gasteiger partial charge on any atom is -0.493 e. The van der Waals surface area contributed by atoms with Crippen molar-refractivity contribution in [2.75, 3.05) is 13.2 Å². The molecule has 0 saturated carbocycles. The third-order valence-corrected chi connectivity index (χ3v) is 2.91. The molecular weight excluding hydrogens is 296 g/mol. The van der Waals surface area contributed by atoms with Crippen LogP contribution in [0.1, 0.15) is 31.7 Å². The molecule has 5 nitrogen and oxygen atoms in total. The lowest BCUT2D eigenvalue weighted by Gasteiger charge is -2.19. The summed E-state index contributed by atoms with van der Waals surface area (Å²) in [7, 11) is 0. The number of nitrogens with one attached hydrogen (secondary N) is 1. The Morgan fingerprint density at radius 1 is 1.27 bits per heavy atom. The monoisotopic (exact) mass is 315 g/mol. The van der Waals surface area contributed by atoms with E-state index in [1.165, 1.54) is 12.1 Å². The summed E-state index contributed by atoms with van der Waals surface area (Å²) in [5.74, 6) is -6.12. The van der Waals surface area contributed by atoms with Crippen molar-refractivity contribution < 1.29 is 28.2 Å². The number of hydrogen-bond acceptors (Lipinski definition) is 3. The fourth-order valence-corrected chi connectivity index (χ4v) is 1.84. The molecule has 1 aromatic carbocycles. The van der Waals surface area contributed by atoms with Crippen LogP contribution in [-0.2, 0) is 15.5 Å². The third kappa shape index (κ3) is 4.98. The first-order valence-electron chi connectivity index (χ1n) is 6.99. The second kappa shape index (κ2) is 8.31. The molecule has 0 radical (unpaired) electrons. The lowest BCUT2D eigenvalue weighted by molar-refractivity contribution is -0.147. The fourth-order valence-electron chi connectivity index (χ4n) is 1.84. The van der Waals surface area contributed by atoms with Crippen molar-refractivity contribution in [3.8, 4) is 5.75 Å². The highest BCUT2D eigenvalue weighted by Gasteiger charge is 2.42. The van der Waals surface area contributed by atoms with Gasteiger partial charge in [0.2, 0.25) is 0 Å². The van der Waals surface area contributed by atoms with Crippen LogP contribution in [0.2, 0.25) is 0 Å². The molecule has 0 fully saturated rings. The summed E-state index contributed by atoms with van der Waals surface area (Å²) in [6.07, 6.45) is 0.581. The smallest absolute Gasteiger partial charge is 0.353 e. The number of carboxylic acid groups (broad SMARTS) is 1. The normalized spacial score (nSPS) is 11.0. The summed E-state index contributed by atoms with van der Waals surface area (Å²) in [6, 6.07) is 5.49. The van der Waals surface area contributed by atoms with Crippen molar-refractivity contribution in [3.05, 3.63) is 29.8 Å². The van der Waals surface area contributed by atoms with Gasteiger partial charge in [-0.2, -0.15) is 8.78 Å². The largest absolute Gasteiger partial charge is 0.493 e. The summed E-state index contributed by atoms with van der Waals surface area (Å²) in [6.45, 7) is 1.87. The van der Waals surface area contributed by atoms with E-state index in [0.29, 0.717) is 12.8 Å². The van der Waals surface area contributed by atoms with Crippen molar-refractivity contribution in [1.82, 2.24) is 5.32 Å². The zero-order valence-corrected chi connectivity index (χ0v) is 12.3. The average molecular weight is 315 g/mol. The molecule has 0 aliphatic rings. The van der Waals surface area contributed by atoms with Crippen LogP contribution in [0.5, 0.6) is 5.75 Å². The van der Waals surface area contributed by atoms with Gasteiger partial charge in [0.05, 0.1) is 12.2 Å². The number of aliphatic carboxylic acids is 1. The van der Waals surface area contributed by atoms with Gasteiger partial charge in [0.25, 0.3) is 5.91 Å². The number of halogens is 2. The van der Waals surface area contributed by atoms with E-state index in [2.05, 4.69) is 5.32 Å². The van der Waals surface area contributed by atoms with Gasteiger partial charge >= 0.3 is 11.9 Å². The quantitative estimate of drug-likeness (QED) is 0.687. The highest BCUT2D eigenvalue weighted by Crippen LogP contribution is 2.35. The molecule has 0 atom stereocenters. The van der Waals surface area contributed by atoms with Crippen LogP contribution in [-0.4, -0.2) is 30.1 Å². The predicted molar refractivity (Wildman–Crippen MR) is 76.0 cm³/mol. The SMILES string of the molecule is CCOc1ccccc1C(F)(F)C(=O)NCCCCC(=O)O. The first kappa shape index (κ1) is 17.9. The molecule has 7 heteroatoms. The third-order valence-electron chi connectivity index (χ3n) is 2.91. The number of unbranched alkanes of at least 4 members (excludes halogenated alkanes) is 1. The van der Waals surface area contributed by atoms with Crippen molar-refractivity contribution in [2.45, 2.75) is 32.1 Å². The van der Waals surface area contributed by atoms with Crippen LogP contribution < -0.4 is 10.1 Å². The van der Waals surface area contributed by atoms with E-state index in [4.69, 9.17) is 9.84 Å². The summed E-state index contributed by atoms with van der Waals surface area (Å²) >= 11 is 0. The first-order chi connectivity index (χ1) is 10.4. The molecule has 1 rings (SSSR count). The molecule has 1 amide bonds. The molecule has 2 N–H and O–H groups in total. The van der Waals surface area contributed by atoms with Crippen molar-refractivity contribution in [1.29, 1.82) is 0 Å². The summed E-state index contributed by atoms with van der Waals surface area (Å²) in [5, 5.41) is 10.6. The Balaban J connectivity index is 2.65. The van der Waals surface area contributed by atoms with Gasteiger partial charge in [-0.25, -0.2) is 0 Å². The van der Waals surface area contributed by atoms with Gasteiger partial charge in [0, 0.05) is 13.0 Å². The van der Waals surface area contributed by atoms with Gasteiger partial charge in [0.1, 0.15) is 5.75 Å². The second-order valence-corrected chi connectivity index (χ2v) is 4.61. The summed E-state index contributed by atoms with van der Waals surface area (Å²) in [5.41, 5.74) is -0.486. The van der Waals surface area contributed by atoms with Gasteiger partial charge in [-0.05, 0) is 31.9 Å². The molecule has 22 heavy (non-hydrogen) atoms. The van der Waals surface area contributed by atoms with Crippen LogP contribution in [0.15, 0.2) is 24.3 Å². The predicted octanol–water partition coefficient (Wildman–Crippen LogP) is 2.55. The molecule has 122 valence electrons. The van der Waals surface area contributed by atoms with E-state index < -0.39 is 23.4 Å². The number of amides is 1. The maximum absolute atomic E-state index is 14.2. The Hall–Kier alpha value is -2.18. The number of carbonyl (C=O) groups excluding carboxylic acids is 1. The Bertz CT molecular complexity index is 520. The van der Waals surface area contributed by atoms with Gasteiger partial charge < -0.3 is 15.2 Å². The van der Waals surface area contributed by atoms with Crippen molar-refractivity contribution in [3.63, 3.8) is 0 Å². The maximum Gasteiger partial charge on any atom is 0.353 e. The number of benzene rings is 1. The molecule has 0 bridgehead atoms. The lowest BCUT2D eigenvalue weighted by Crippen LogP contribution is -2.38. The molecule has 0 aromatic heterocycles. The highest BCUT2D eigenvalue weighted by molar-refractivity contribution is 5.85. The van der Waals surface area contributed by atoms with E-state index in [1.807, 2.05) is 0 Å². The molecule has 0 aliphatic heterocycles. The zero-order chi connectivity index (χ0) is 16.6. The van der Waals surface area contributed by atoms with Crippen molar-refractivity contribution >= 4 is 11.9 Å². The number of alkyl halides is 2. The van der Waals surface area contributed by atoms with Gasteiger partial charge in [-0.3, -0.25) is 9.59 Å². The van der Waals surface area contributed by atoms with Crippen LogP contribution in [0, 0.1) is 0 Å². The second-order valence-electron chi connectivity index (χ2n) is 4.61. The standard InChI is InChI=1S/C15H19F2NO4/c1-2-22-12-8-4-3-7-11(12)15(16,17)14(21)18-10-6-5-9-13(19)20/h3-4,7-8H,2,5-6,9-10H2,1H3,(H,18,21)(H,19,20). The van der Waals surface area contributed by atoms with E-state index >= 15 is 0 Å². The van der Waals surface area contributed by atoms with Crippen LogP contribution in [0.4, 0.5) is 8.78 Å². The highest BCUT2D eigenvalue weighted by atomic mass is 19.3. The number of carboxylic acids is 1. The van der Waals surface area contributed by atoms with Crippen LogP contribution >= 0.6 is 0 Å². The fraction of sp³-hybridized carbons (Fsp3) is 0.467.